The summed E-state index contributed by atoms with van der Waals surface area (Å²) in [6, 6.07) is 0. The van der Waals surface area contributed by atoms with Crippen molar-refractivity contribution in [2.75, 3.05) is 19.6 Å². The van der Waals surface area contributed by atoms with E-state index in [2.05, 4.69) is 4.72 Å². The summed E-state index contributed by atoms with van der Waals surface area (Å²) in [5, 5.41) is 19.4. The Labute approximate surface area is 179 Å². The van der Waals surface area contributed by atoms with Gasteiger partial charge in [0.05, 0.1) is 16.8 Å². The van der Waals surface area contributed by atoms with Crippen molar-refractivity contribution in [3.05, 3.63) is 0 Å². The maximum absolute atomic E-state index is 12.6. The molecule has 0 bridgehead atoms. The Hall–Kier alpha value is -0.755. The Morgan fingerprint density at radius 3 is 2.27 bits per heavy atom. The van der Waals surface area contributed by atoms with Crippen molar-refractivity contribution in [1.82, 2.24) is 9.03 Å². The van der Waals surface area contributed by atoms with E-state index in [-0.39, 0.29) is 19.6 Å². The summed E-state index contributed by atoms with van der Waals surface area (Å²) in [5.74, 6) is -1.79. The topological polar surface area (TPSA) is 151 Å². The van der Waals surface area contributed by atoms with Crippen molar-refractivity contribution in [2.45, 2.75) is 83.0 Å². The Kier molecular flexibility index (Phi) is 7.06. The normalized spacial score (nSPS) is 29.5. The molecule has 10 nitrogen and oxygen atoms in total. The van der Waals surface area contributed by atoms with Crippen molar-refractivity contribution in [3.8, 4) is 0 Å². The molecule has 0 saturated carbocycles. The molecule has 0 unspecified atom stereocenters. The van der Waals surface area contributed by atoms with Gasteiger partial charge in [0.25, 0.3) is 10.2 Å². The number of aliphatic hydroxyl groups is 1. The van der Waals surface area contributed by atoms with Crippen LogP contribution in [0.15, 0.2) is 0 Å². The number of hydrogen-bond acceptors (Lipinski definition) is 7. The summed E-state index contributed by atoms with van der Waals surface area (Å²) in [5.41, 5.74) is 2.35. The van der Waals surface area contributed by atoms with Crippen LogP contribution in [0.4, 0.5) is 0 Å². The molecule has 12 heteroatoms. The van der Waals surface area contributed by atoms with E-state index in [1.54, 1.807) is 0 Å². The third kappa shape index (κ3) is 5.53. The molecular formula is C18H36BN3O7S. The molecule has 0 spiro atoms. The molecule has 2 saturated heterocycles. The maximum Gasteiger partial charge on any atom is 0.457 e. The largest absolute Gasteiger partial charge is 0.480 e. The molecule has 2 rings (SSSR count). The quantitative estimate of drug-likeness (QED) is 0.364. The van der Waals surface area contributed by atoms with E-state index in [1.807, 2.05) is 27.7 Å². The van der Waals surface area contributed by atoms with Crippen LogP contribution in [0.1, 0.15) is 54.4 Å². The highest BCUT2D eigenvalue weighted by molar-refractivity contribution is 7.87. The van der Waals surface area contributed by atoms with Crippen molar-refractivity contribution < 1.29 is 32.7 Å². The van der Waals surface area contributed by atoms with Gasteiger partial charge in [-0.1, -0.05) is 6.42 Å². The lowest BCUT2D eigenvalue weighted by molar-refractivity contribution is -0.144. The van der Waals surface area contributed by atoms with E-state index >= 15 is 0 Å². The number of aliphatic carboxylic acids is 1. The van der Waals surface area contributed by atoms with Crippen LogP contribution in [0.25, 0.3) is 0 Å². The monoisotopic (exact) mass is 449 g/mol. The first-order chi connectivity index (χ1) is 13.4. The van der Waals surface area contributed by atoms with Gasteiger partial charge in [0.15, 0.2) is 0 Å². The molecule has 0 amide bonds. The van der Waals surface area contributed by atoms with Gasteiger partial charge < -0.3 is 25.3 Å². The predicted octanol–water partition coefficient (Wildman–Crippen LogP) is 0.178. The zero-order valence-electron chi connectivity index (χ0n) is 18.8. The molecule has 30 heavy (non-hydrogen) atoms. The van der Waals surface area contributed by atoms with Crippen molar-refractivity contribution in [1.29, 1.82) is 0 Å². The zero-order chi connectivity index (χ0) is 23.2. The third-order valence-electron chi connectivity index (χ3n) is 6.31. The van der Waals surface area contributed by atoms with E-state index < -0.39 is 51.6 Å². The molecule has 0 aliphatic carbocycles. The number of hydrogen-bond donors (Lipinski definition) is 4. The predicted molar refractivity (Wildman–Crippen MR) is 113 cm³/mol. The second-order valence-electron chi connectivity index (χ2n) is 10.1. The van der Waals surface area contributed by atoms with E-state index in [1.165, 1.54) is 13.8 Å². The fourth-order valence-corrected chi connectivity index (χ4v) is 5.12. The van der Waals surface area contributed by atoms with Crippen molar-refractivity contribution in [3.63, 3.8) is 0 Å². The Balaban J connectivity index is 2.00. The Bertz CT molecular complexity index is 737. The summed E-state index contributed by atoms with van der Waals surface area (Å²) >= 11 is 0. The average molecular weight is 449 g/mol. The minimum Gasteiger partial charge on any atom is -0.480 e. The first-order valence-electron chi connectivity index (χ1n) is 10.2. The van der Waals surface area contributed by atoms with Gasteiger partial charge in [-0.3, -0.25) is 4.79 Å². The lowest BCUT2D eigenvalue weighted by Gasteiger charge is -2.32. The first kappa shape index (κ1) is 25.5. The molecule has 174 valence electrons. The van der Waals surface area contributed by atoms with Gasteiger partial charge in [-0.05, 0) is 54.3 Å². The molecule has 0 aromatic rings. The number of nitrogens with two attached hydrogens (primary N) is 1. The van der Waals surface area contributed by atoms with Crippen molar-refractivity contribution >= 4 is 23.3 Å². The number of carboxylic acid groups (broad SMARTS) is 1. The molecule has 0 aromatic carbocycles. The van der Waals surface area contributed by atoms with Gasteiger partial charge >= 0.3 is 13.1 Å². The van der Waals surface area contributed by atoms with Crippen LogP contribution in [-0.4, -0.2) is 78.0 Å². The minimum atomic E-state index is -3.97. The molecule has 0 radical (unpaired) electrons. The summed E-state index contributed by atoms with van der Waals surface area (Å²) < 4.78 is 40.4. The molecular weight excluding hydrogens is 413 g/mol. The van der Waals surface area contributed by atoms with Crippen LogP contribution in [0.2, 0.25) is 6.32 Å². The number of carbonyl (C=O) groups is 1. The lowest BCUT2D eigenvalue weighted by atomic mass is 9.78. The van der Waals surface area contributed by atoms with Crippen LogP contribution in [0.5, 0.6) is 0 Å². The second kappa shape index (κ2) is 8.30. The maximum atomic E-state index is 12.6. The standard InChI is InChI=1S/C18H36BN3O7S/c1-15(2,25)11-21-30(26,27)22-10-13(18(20,12-22)14(23)24)8-7-9-19-28-16(3,4)17(5,6)29-19/h13,21,25H,7-12,20H2,1-6H3,(H,23,24)/t13-,18-/m0/s1. The molecule has 0 aromatic heterocycles. The van der Waals surface area contributed by atoms with Crippen LogP contribution >= 0.6 is 0 Å². The summed E-state index contributed by atoms with van der Waals surface area (Å²) in [7, 11) is -4.37. The van der Waals surface area contributed by atoms with E-state index in [0.717, 1.165) is 4.31 Å². The van der Waals surface area contributed by atoms with Gasteiger partial charge in [-0.15, -0.1) is 0 Å². The smallest absolute Gasteiger partial charge is 0.457 e. The molecule has 5 N–H and O–H groups in total. The number of nitrogens with one attached hydrogen (secondary N) is 1. The Morgan fingerprint density at radius 2 is 1.80 bits per heavy atom. The summed E-state index contributed by atoms with van der Waals surface area (Å²) in [6.07, 6.45) is 1.56. The fourth-order valence-electron chi connectivity index (χ4n) is 3.64. The lowest BCUT2D eigenvalue weighted by Crippen LogP contribution is -2.55. The third-order valence-corrected chi connectivity index (χ3v) is 7.78. The molecule has 2 fully saturated rings. The van der Waals surface area contributed by atoms with Crippen LogP contribution < -0.4 is 10.5 Å². The second-order valence-corrected chi connectivity index (χ2v) is 11.8. The van der Waals surface area contributed by atoms with Crippen LogP contribution in [-0.2, 0) is 24.3 Å². The first-order valence-corrected chi connectivity index (χ1v) is 11.7. The molecule has 2 aliphatic rings. The van der Waals surface area contributed by atoms with Gasteiger partial charge in [0.2, 0.25) is 0 Å². The van der Waals surface area contributed by atoms with E-state index in [9.17, 15) is 23.4 Å². The van der Waals surface area contributed by atoms with Gasteiger partial charge in [-0.2, -0.15) is 17.4 Å². The SMILES string of the molecule is CC(C)(O)CNS(=O)(=O)N1C[C@H](CCCB2OC(C)(C)C(C)(C)O2)[C@](N)(C(=O)O)C1. The number of carboxylic acids is 1. The van der Waals surface area contributed by atoms with Crippen LogP contribution in [0.3, 0.4) is 0 Å². The number of rotatable bonds is 9. The zero-order valence-corrected chi connectivity index (χ0v) is 19.6. The summed E-state index contributed by atoms with van der Waals surface area (Å²) in [6.45, 7) is 10.3. The molecule has 2 aliphatic heterocycles. The molecule has 2 heterocycles. The van der Waals surface area contributed by atoms with Crippen LogP contribution in [0, 0.1) is 5.92 Å². The van der Waals surface area contributed by atoms with Gasteiger partial charge in [-0.25, -0.2) is 0 Å². The highest BCUT2D eigenvalue weighted by atomic mass is 32.2. The highest BCUT2D eigenvalue weighted by Crippen LogP contribution is 2.39. The van der Waals surface area contributed by atoms with E-state index in [0.29, 0.717) is 19.2 Å². The van der Waals surface area contributed by atoms with E-state index in [4.69, 9.17) is 15.0 Å². The minimum absolute atomic E-state index is 0.00659. The summed E-state index contributed by atoms with van der Waals surface area (Å²) in [4.78, 5) is 11.9. The Morgan fingerprint density at radius 1 is 1.27 bits per heavy atom. The van der Waals surface area contributed by atoms with Gasteiger partial charge in [0.1, 0.15) is 5.54 Å². The average Bonchev–Trinajstić information content (AvgIpc) is 3.00. The molecule has 2 atom stereocenters. The fraction of sp³-hybridized carbons (Fsp3) is 0.944. The van der Waals surface area contributed by atoms with Gasteiger partial charge in [0, 0.05) is 25.6 Å². The van der Waals surface area contributed by atoms with Crippen molar-refractivity contribution in [2.24, 2.45) is 11.7 Å². The number of nitrogens with zero attached hydrogens (tertiary/aromatic N) is 1. The highest BCUT2D eigenvalue weighted by Gasteiger charge is 2.53.